The highest BCUT2D eigenvalue weighted by atomic mass is 32.2. The van der Waals surface area contributed by atoms with Crippen LogP contribution in [0, 0.1) is 0 Å². The van der Waals surface area contributed by atoms with Crippen molar-refractivity contribution in [2.45, 2.75) is 107 Å². The molecule has 2 aliphatic carbocycles. The Bertz CT molecular complexity index is 3700. The van der Waals surface area contributed by atoms with Crippen molar-refractivity contribution >= 4 is 74.2 Å². The van der Waals surface area contributed by atoms with E-state index in [4.69, 9.17) is 4.74 Å². The Balaban J connectivity index is 1.07. The predicted molar refractivity (Wildman–Crippen MR) is 308 cm³/mol. The minimum atomic E-state index is -0.121. The zero-order chi connectivity index (χ0) is 49.3. The number of anilines is 5. The molecule has 5 aliphatic rings. The molecule has 0 unspecified atom stereocenters. The first-order chi connectivity index (χ1) is 35.5. The van der Waals surface area contributed by atoms with Crippen LogP contribution in [0.5, 0.6) is 5.75 Å². The van der Waals surface area contributed by atoms with Crippen molar-refractivity contribution in [3.05, 3.63) is 204 Å². The summed E-state index contributed by atoms with van der Waals surface area (Å²) in [4.78, 5) is 7.88. The van der Waals surface area contributed by atoms with Crippen LogP contribution in [0.2, 0.25) is 0 Å². The van der Waals surface area contributed by atoms with Crippen LogP contribution < -0.4 is 30.9 Å². The average Bonchev–Trinajstić information content (AvgIpc) is 4.01. The second-order valence-electron chi connectivity index (χ2n) is 23.0. The third-order valence-electron chi connectivity index (χ3n) is 16.4. The molecule has 8 aromatic carbocycles. The summed E-state index contributed by atoms with van der Waals surface area (Å²) in [6, 6.07) is 65.0. The van der Waals surface area contributed by atoms with E-state index < -0.39 is 0 Å². The molecule has 0 amide bonds. The van der Waals surface area contributed by atoms with E-state index in [1.807, 2.05) is 11.8 Å². The van der Waals surface area contributed by atoms with Gasteiger partial charge >= 0.3 is 0 Å². The summed E-state index contributed by atoms with van der Waals surface area (Å²) in [5.74, 6) is 2.07. The minimum absolute atomic E-state index is 0.00683. The van der Waals surface area contributed by atoms with Crippen molar-refractivity contribution in [2.75, 3.05) is 9.80 Å². The summed E-state index contributed by atoms with van der Waals surface area (Å²) >= 11 is 1.96. The molecular weight excluding hydrogens is 906 g/mol. The van der Waals surface area contributed by atoms with E-state index in [1.54, 1.807) is 0 Å². The first-order valence-electron chi connectivity index (χ1n) is 26.6. The molecule has 0 radical (unpaired) electrons. The van der Waals surface area contributed by atoms with Gasteiger partial charge in [0.15, 0.2) is 5.75 Å². The highest BCUT2D eigenvalue weighted by Crippen LogP contribution is 2.53. The van der Waals surface area contributed by atoms with Gasteiger partial charge in [0.05, 0.1) is 22.6 Å². The minimum Gasteiger partial charge on any atom is -0.458 e. The Kier molecular flexibility index (Phi) is 10.2. The molecule has 6 heteroatoms. The number of fused-ring (bicyclic) bond motifs is 8. The Morgan fingerprint density at radius 3 is 1.92 bits per heavy atom. The number of ether oxygens (including phenoxy) is 1. The van der Waals surface area contributed by atoms with Crippen LogP contribution in [-0.4, -0.2) is 11.3 Å². The standard InChI is InChI=1S/C67H60BN3OS/c1-66(2,3)44-36-50(42-20-9-7-10-21-42)65(51(37-44)43-22-11-8-12-23-43)71-58-40-46(69-54-26-14-13-24-48(54)49-25-19-29-55(49)69)32-34-52(58)68-53-35-33-47(41-62(53)73-63-39-45(67(4,5)6)38-59(71)64(63)68)70-56-27-15-17-30-60(56)72-61-31-18-16-28-57(61)70/h7-15,17,20-24,26-27,30,32-41H,16,18-19,25,28-29,31H2,1-6H3. The van der Waals surface area contributed by atoms with Gasteiger partial charge in [0.1, 0.15) is 5.76 Å². The maximum absolute atomic E-state index is 6.64. The SMILES string of the molecule is CC(C)(C)c1cc(-c2ccccc2)c(N2c3cc(-n4c5c(c6ccccc64)CCC5)ccc3B3c4ccc(N5C6=C(CCCC6)Oc6ccccc65)cc4Sc4cc(C(C)(C)C)cc2c43)c(-c2ccccc2)c1. The van der Waals surface area contributed by atoms with Gasteiger partial charge < -0.3 is 19.1 Å². The lowest BCUT2D eigenvalue weighted by molar-refractivity contribution is 0.363. The third kappa shape index (κ3) is 7.11. The van der Waals surface area contributed by atoms with Gasteiger partial charge in [-0.25, -0.2) is 0 Å². The zero-order valence-corrected chi connectivity index (χ0v) is 43.7. The van der Waals surface area contributed by atoms with Gasteiger partial charge in [0, 0.05) is 61.2 Å². The van der Waals surface area contributed by atoms with Crippen molar-refractivity contribution in [1.29, 1.82) is 0 Å². The molecule has 4 heterocycles. The second-order valence-corrected chi connectivity index (χ2v) is 24.1. The molecule has 0 saturated heterocycles. The van der Waals surface area contributed by atoms with Gasteiger partial charge in [-0.3, -0.25) is 0 Å². The smallest absolute Gasteiger partial charge is 0.249 e. The van der Waals surface area contributed by atoms with E-state index in [0.717, 1.165) is 49.3 Å². The summed E-state index contributed by atoms with van der Waals surface area (Å²) < 4.78 is 9.24. The lowest BCUT2D eigenvalue weighted by Gasteiger charge is -2.43. The molecule has 9 aromatic rings. The maximum atomic E-state index is 6.64. The van der Waals surface area contributed by atoms with Crippen LogP contribution in [0.3, 0.4) is 0 Å². The predicted octanol–water partition coefficient (Wildman–Crippen LogP) is 16.1. The van der Waals surface area contributed by atoms with Crippen molar-refractivity contribution in [2.24, 2.45) is 0 Å². The molecular formula is C67H60BN3OS. The second kappa shape index (κ2) is 16.7. The zero-order valence-electron chi connectivity index (χ0n) is 42.9. The number of hydrogen-bond acceptors (Lipinski definition) is 4. The van der Waals surface area contributed by atoms with E-state index in [0.29, 0.717) is 0 Å². The van der Waals surface area contributed by atoms with Gasteiger partial charge in [-0.15, -0.1) is 0 Å². The number of aryl methyl sites for hydroxylation is 1. The van der Waals surface area contributed by atoms with Gasteiger partial charge in [-0.1, -0.05) is 162 Å². The molecule has 0 bridgehead atoms. The van der Waals surface area contributed by atoms with Gasteiger partial charge in [-0.05, 0) is 155 Å². The summed E-state index contributed by atoms with van der Waals surface area (Å²) in [5, 5.41) is 1.39. The van der Waals surface area contributed by atoms with Gasteiger partial charge in [0.25, 0.3) is 0 Å². The number of para-hydroxylation sites is 3. The third-order valence-corrected chi connectivity index (χ3v) is 17.6. The molecule has 1 aromatic heterocycles. The molecule has 0 atom stereocenters. The van der Waals surface area contributed by atoms with Crippen molar-refractivity contribution < 1.29 is 4.74 Å². The topological polar surface area (TPSA) is 20.6 Å². The fourth-order valence-corrected chi connectivity index (χ4v) is 14.0. The fourth-order valence-electron chi connectivity index (χ4n) is 12.8. The first kappa shape index (κ1) is 44.5. The van der Waals surface area contributed by atoms with Crippen LogP contribution in [-0.2, 0) is 23.7 Å². The molecule has 0 fully saturated rings. The number of nitrogens with zero attached hydrogens (tertiary/aromatic N) is 3. The summed E-state index contributed by atoms with van der Waals surface area (Å²) in [6.45, 7) is 14.2. The lowest BCUT2D eigenvalue weighted by Crippen LogP contribution is -2.60. The monoisotopic (exact) mass is 965 g/mol. The number of benzene rings is 8. The normalized spacial score (nSPS) is 15.6. The molecule has 73 heavy (non-hydrogen) atoms. The Labute approximate surface area is 435 Å². The molecule has 14 rings (SSSR count). The number of aromatic nitrogens is 1. The van der Waals surface area contributed by atoms with Crippen LogP contribution in [0.25, 0.3) is 38.8 Å². The van der Waals surface area contributed by atoms with Gasteiger partial charge in [-0.2, -0.15) is 0 Å². The highest BCUT2D eigenvalue weighted by Gasteiger charge is 2.44. The summed E-state index contributed by atoms with van der Waals surface area (Å²) in [7, 11) is 0. The van der Waals surface area contributed by atoms with Crippen LogP contribution in [0.15, 0.2) is 191 Å². The summed E-state index contributed by atoms with van der Waals surface area (Å²) in [5.41, 5.74) is 24.2. The quantitative estimate of drug-likeness (QED) is 0.160. The van der Waals surface area contributed by atoms with E-state index in [9.17, 15) is 0 Å². The average molecular weight is 966 g/mol. The molecule has 0 saturated carbocycles. The van der Waals surface area contributed by atoms with Crippen LogP contribution >= 0.6 is 11.8 Å². The number of allylic oxidation sites excluding steroid dienone is 2. The fraction of sp³-hybridized carbons (Fsp3) is 0.224. The molecule has 0 N–H and O–H groups in total. The first-order valence-corrected chi connectivity index (χ1v) is 27.4. The lowest BCUT2D eigenvalue weighted by atomic mass is 9.34. The van der Waals surface area contributed by atoms with Gasteiger partial charge in [0.2, 0.25) is 6.71 Å². The van der Waals surface area contributed by atoms with E-state index in [1.165, 1.54) is 129 Å². The molecule has 4 nitrogen and oxygen atoms in total. The number of rotatable bonds is 5. The largest absolute Gasteiger partial charge is 0.458 e. The molecule has 3 aliphatic heterocycles. The molecule has 0 spiro atoms. The Morgan fingerprint density at radius 2 is 1.16 bits per heavy atom. The van der Waals surface area contributed by atoms with Crippen molar-refractivity contribution in [3.63, 3.8) is 0 Å². The summed E-state index contributed by atoms with van der Waals surface area (Å²) in [6.07, 6.45) is 7.71. The number of hydrogen-bond donors (Lipinski definition) is 0. The Morgan fingerprint density at radius 1 is 0.507 bits per heavy atom. The van der Waals surface area contributed by atoms with Crippen molar-refractivity contribution in [1.82, 2.24) is 4.57 Å². The van der Waals surface area contributed by atoms with E-state index in [2.05, 4.69) is 226 Å². The van der Waals surface area contributed by atoms with E-state index in [-0.39, 0.29) is 17.5 Å². The van der Waals surface area contributed by atoms with E-state index >= 15 is 0 Å². The van der Waals surface area contributed by atoms with Crippen LogP contribution in [0.1, 0.15) is 96.0 Å². The van der Waals surface area contributed by atoms with Crippen molar-refractivity contribution in [3.8, 4) is 33.7 Å². The van der Waals surface area contributed by atoms with Crippen LogP contribution in [0.4, 0.5) is 28.4 Å². The highest BCUT2D eigenvalue weighted by molar-refractivity contribution is 8.00. The molecule has 358 valence electrons. The Hall–Kier alpha value is -7.15. The maximum Gasteiger partial charge on any atom is 0.249 e.